The van der Waals surface area contributed by atoms with E-state index in [1.165, 1.54) is 12.4 Å². The fourth-order valence-electron chi connectivity index (χ4n) is 1.20. The molecule has 0 aliphatic carbocycles. The first-order valence-corrected chi connectivity index (χ1v) is 6.15. The van der Waals surface area contributed by atoms with Gasteiger partial charge in [0.05, 0.1) is 12.4 Å². The molecule has 6 heteroatoms. The summed E-state index contributed by atoms with van der Waals surface area (Å²) in [4.78, 5) is 19.6. The fraction of sp³-hybridized carbons (Fsp3) is 0. The predicted molar refractivity (Wildman–Crippen MR) is 74.2 cm³/mol. The first-order chi connectivity index (χ1) is 8.15. The Morgan fingerprint density at radius 1 is 1.29 bits per heavy atom. The van der Waals surface area contributed by atoms with Gasteiger partial charge in [0.25, 0.3) is 5.91 Å². The monoisotopic (exact) mass is 359 g/mol. The van der Waals surface area contributed by atoms with Crippen LogP contribution in [0.15, 0.2) is 36.7 Å². The van der Waals surface area contributed by atoms with Crippen molar-refractivity contribution in [3.05, 3.63) is 50.9 Å². The molecule has 0 radical (unpaired) electrons. The van der Waals surface area contributed by atoms with Crippen molar-refractivity contribution in [3.8, 4) is 0 Å². The van der Waals surface area contributed by atoms with Gasteiger partial charge in [0.2, 0.25) is 0 Å². The molecule has 1 N–H and O–H groups in total. The van der Waals surface area contributed by atoms with Gasteiger partial charge in [-0.3, -0.25) is 4.79 Å². The molecule has 1 aromatic heterocycles. The molecule has 1 aromatic carbocycles. The smallest absolute Gasteiger partial charge is 0.256 e. The highest BCUT2D eigenvalue weighted by atomic mass is 127. The molecule has 0 atom stereocenters. The van der Waals surface area contributed by atoms with Crippen LogP contribution >= 0.6 is 34.2 Å². The minimum absolute atomic E-state index is 0.222. The summed E-state index contributed by atoms with van der Waals surface area (Å²) in [5.74, 6) is 0.151. The highest BCUT2D eigenvalue weighted by molar-refractivity contribution is 14.1. The van der Waals surface area contributed by atoms with Crippen LogP contribution in [0.3, 0.4) is 0 Å². The van der Waals surface area contributed by atoms with Gasteiger partial charge in [-0.15, -0.1) is 0 Å². The summed E-state index contributed by atoms with van der Waals surface area (Å²) in [6, 6.07) is 7.27. The Morgan fingerprint density at radius 2 is 2.12 bits per heavy atom. The van der Waals surface area contributed by atoms with E-state index in [0.29, 0.717) is 11.4 Å². The highest BCUT2D eigenvalue weighted by Crippen LogP contribution is 2.10. The minimum atomic E-state index is -0.222. The maximum Gasteiger partial charge on any atom is 0.256 e. The molecule has 0 aliphatic heterocycles. The van der Waals surface area contributed by atoms with Crippen molar-refractivity contribution in [1.29, 1.82) is 0 Å². The second kappa shape index (κ2) is 5.42. The number of carbonyl (C=O) groups is 1. The topological polar surface area (TPSA) is 54.9 Å². The third-order valence-electron chi connectivity index (χ3n) is 1.95. The molecule has 0 fully saturated rings. The molecular weight excluding hydrogens is 352 g/mol. The van der Waals surface area contributed by atoms with E-state index in [1.54, 1.807) is 12.1 Å². The Kier molecular flexibility index (Phi) is 3.90. The molecule has 2 aromatic rings. The van der Waals surface area contributed by atoms with Gasteiger partial charge >= 0.3 is 0 Å². The molecule has 86 valence electrons. The normalized spacial score (nSPS) is 10.0. The van der Waals surface area contributed by atoms with Crippen molar-refractivity contribution in [2.24, 2.45) is 0 Å². The molecule has 0 bridgehead atoms. The fourth-order valence-corrected chi connectivity index (χ4v) is 1.84. The summed E-state index contributed by atoms with van der Waals surface area (Å²) in [7, 11) is 0. The number of amides is 1. The van der Waals surface area contributed by atoms with Crippen LogP contribution in [0.25, 0.3) is 0 Å². The average Bonchev–Trinajstić information content (AvgIpc) is 2.32. The van der Waals surface area contributed by atoms with E-state index in [0.717, 1.165) is 3.57 Å². The van der Waals surface area contributed by atoms with Crippen LogP contribution in [0.2, 0.25) is 5.15 Å². The first kappa shape index (κ1) is 12.3. The van der Waals surface area contributed by atoms with Crippen molar-refractivity contribution < 1.29 is 4.79 Å². The Hall–Kier alpha value is -1.21. The number of benzene rings is 1. The second-order valence-corrected chi connectivity index (χ2v) is 4.82. The van der Waals surface area contributed by atoms with Gasteiger partial charge < -0.3 is 5.32 Å². The lowest BCUT2D eigenvalue weighted by atomic mass is 10.2. The summed E-state index contributed by atoms with van der Waals surface area (Å²) < 4.78 is 0.998. The quantitative estimate of drug-likeness (QED) is 0.839. The molecule has 1 heterocycles. The number of aromatic nitrogens is 2. The predicted octanol–water partition coefficient (Wildman–Crippen LogP) is 2.99. The molecule has 0 spiro atoms. The molecule has 0 saturated heterocycles. The SMILES string of the molecule is O=C(Nc1cnc(Cl)cn1)c1cccc(I)c1. The molecular formula is C11H7ClIN3O. The van der Waals surface area contributed by atoms with Crippen LogP contribution in [0.4, 0.5) is 5.82 Å². The molecule has 0 unspecified atom stereocenters. The van der Waals surface area contributed by atoms with Gasteiger partial charge in [-0.2, -0.15) is 0 Å². The van der Waals surface area contributed by atoms with Crippen LogP contribution in [-0.2, 0) is 0 Å². The van der Waals surface area contributed by atoms with Crippen molar-refractivity contribution in [2.45, 2.75) is 0 Å². The molecule has 0 aliphatic rings. The number of anilines is 1. The van der Waals surface area contributed by atoms with E-state index in [4.69, 9.17) is 11.6 Å². The highest BCUT2D eigenvalue weighted by Gasteiger charge is 2.07. The number of nitrogens with zero attached hydrogens (tertiary/aromatic N) is 2. The van der Waals surface area contributed by atoms with Gasteiger partial charge in [0.1, 0.15) is 5.15 Å². The second-order valence-electron chi connectivity index (χ2n) is 3.19. The number of rotatable bonds is 2. The van der Waals surface area contributed by atoms with Crippen LogP contribution < -0.4 is 5.32 Å². The Balaban J connectivity index is 2.14. The molecule has 4 nitrogen and oxygen atoms in total. The van der Waals surface area contributed by atoms with Gasteiger partial charge in [-0.25, -0.2) is 9.97 Å². The van der Waals surface area contributed by atoms with Crippen LogP contribution in [0, 0.1) is 3.57 Å². The zero-order chi connectivity index (χ0) is 12.3. The molecule has 0 saturated carbocycles. The Morgan fingerprint density at radius 3 is 2.76 bits per heavy atom. The zero-order valence-electron chi connectivity index (χ0n) is 8.52. The number of hydrogen-bond acceptors (Lipinski definition) is 3. The summed E-state index contributed by atoms with van der Waals surface area (Å²) in [6.45, 7) is 0. The summed E-state index contributed by atoms with van der Waals surface area (Å²) in [5.41, 5.74) is 0.577. The Bertz CT molecular complexity index is 545. The van der Waals surface area contributed by atoms with Crippen molar-refractivity contribution >= 4 is 45.9 Å². The van der Waals surface area contributed by atoms with Gasteiger partial charge in [-0.05, 0) is 40.8 Å². The van der Waals surface area contributed by atoms with Crippen LogP contribution in [-0.4, -0.2) is 15.9 Å². The molecule has 1 amide bonds. The molecule has 17 heavy (non-hydrogen) atoms. The Labute approximate surface area is 117 Å². The number of nitrogens with one attached hydrogen (secondary N) is 1. The average molecular weight is 360 g/mol. The summed E-state index contributed by atoms with van der Waals surface area (Å²) >= 11 is 7.75. The van der Waals surface area contributed by atoms with Crippen molar-refractivity contribution in [3.63, 3.8) is 0 Å². The largest absolute Gasteiger partial charge is 0.305 e. The zero-order valence-corrected chi connectivity index (χ0v) is 11.4. The van der Waals surface area contributed by atoms with Gasteiger partial charge in [0.15, 0.2) is 5.82 Å². The van der Waals surface area contributed by atoms with Crippen molar-refractivity contribution in [1.82, 2.24) is 9.97 Å². The lowest BCUT2D eigenvalue weighted by Gasteiger charge is -2.04. The van der Waals surface area contributed by atoms with E-state index in [1.807, 2.05) is 12.1 Å². The molecule has 2 rings (SSSR count). The van der Waals surface area contributed by atoms with E-state index >= 15 is 0 Å². The van der Waals surface area contributed by atoms with Crippen LogP contribution in [0.5, 0.6) is 0 Å². The standard InChI is InChI=1S/C11H7ClIN3O/c12-9-5-15-10(6-14-9)16-11(17)7-2-1-3-8(13)4-7/h1-6H,(H,15,16,17). The number of carbonyl (C=O) groups excluding carboxylic acids is 1. The number of hydrogen-bond donors (Lipinski definition) is 1. The van der Waals surface area contributed by atoms with E-state index < -0.39 is 0 Å². The maximum absolute atomic E-state index is 11.8. The summed E-state index contributed by atoms with van der Waals surface area (Å²) in [5, 5.41) is 2.93. The first-order valence-electron chi connectivity index (χ1n) is 4.69. The lowest BCUT2D eigenvalue weighted by molar-refractivity contribution is 0.102. The van der Waals surface area contributed by atoms with E-state index in [-0.39, 0.29) is 11.1 Å². The third kappa shape index (κ3) is 3.37. The van der Waals surface area contributed by atoms with E-state index in [2.05, 4.69) is 37.9 Å². The number of halogens is 2. The van der Waals surface area contributed by atoms with Crippen LogP contribution in [0.1, 0.15) is 10.4 Å². The minimum Gasteiger partial charge on any atom is -0.305 e. The van der Waals surface area contributed by atoms with E-state index in [9.17, 15) is 4.79 Å². The third-order valence-corrected chi connectivity index (χ3v) is 2.81. The summed E-state index contributed by atoms with van der Waals surface area (Å²) in [6.07, 6.45) is 2.79. The lowest BCUT2D eigenvalue weighted by Crippen LogP contribution is -2.13. The maximum atomic E-state index is 11.8. The van der Waals surface area contributed by atoms with Gasteiger partial charge in [-0.1, -0.05) is 17.7 Å². The van der Waals surface area contributed by atoms with Crippen molar-refractivity contribution in [2.75, 3.05) is 5.32 Å². The van der Waals surface area contributed by atoms with Gasteiger partial charge in [0, 0.05) is 9.13 Å².